The zero-order valence-corrected chi connectivity index (χ0v) is 11.2. The summed E-state index contributed by atoms with van der Waals surface area (Å²) in [5, 5.41) is 3.81. The van der Waals surface area contributed by atoms with Gasteiger partial charge in [-0.05, 0) is 58.2 Å². The summed E-state index contributed by atoms with van der Waals surface area (Å²) in [6, 6.07) is 4.65. The molecular weight excluding hydrogens is 239 g/mol. The number of nitrogens with one attached hydrogen (secondary N) is 1. The molecule has 2 nitrogen and oxygen atoms in total. The lowest BCUT2D eigenvalue weighted by molar-refractivity contribution is 0.391. The van der Waals surface area contributed by atoms with Crippen molar-refractivity contribution in [2.24, 2.45) is 0 Å². The molecule has 0 aliphatic carbocycles. The van der Waals surface area contributed by atoms with E-state index >= 15 is 0 Å². The standard InChI is InChI=1S/C13H20ClFN2/c1-17(2)8-4-3-7-16-10-11-9-12(14)5-6-13(11)15/h5-6,9,16H,3-4,7-8,10H2,1-2H3. The van der Waals surface area contributed by atoms with Gasteiger partial charge in [0.25, 0.3) is 0 Å². The van der Waals surface area contributed by atoms with E-state index in [0.717, 1.165) is 25.9 Å². The second-order valence-corrected chi connectivity index (χ2v) is 4.86. The maximum Gasteiger partial charge on any atom is 0.127 e. The molecule has 4 heteroatoms. The number of hydrogen-bond acceptors (Lipinski definition) is 2. The van der Waals surface area contributed by atoms with E-state index in [0.29, 0.717) is 17.1 Å². The molecule has 0 saturated heterocycles. The van der Waals surface area contributed by atoms with Gasteiger partial charge in [0.15, 0.2) is 0 Å². The molecule has 1 aromatic carbocycles. The predicted molar refractivity (Wildman–Crippen MR) is 70.9 cm³/mol. The first-order chi connectivity index (χ1) is 8.09. The van der Waals surface area contributed by atoms with Gasteiger partial charge in [0.05, 0.1) is 0 Å². The van der Waals surface area contributed by atoms with Crippen LogP contribution in [0, 0.1) is 5.82 Å². The number of benzene rings is 1. The Morgan fingerprint density at radius 2 is 2.06 bits per heavy atom. The van der Waals surface area contributed by atoms with Crippen molar-refractivity contribution in [2.45, 2.75) is 19.4 Å². The Hall–Kier alpha value is -0.640. The molecule has 0 fully saturated rings. The Bertz CT molecular complexity index is 342. The Balaban J connectivity index is 2.20. The Kier molecular flexibility index (Phi) is 6.48. The average Bonchev–Trinajstić information content (AvgIpc) is 2.27. The Morgan fingerprint density at radius 1 is 1.29 bits per heavy atom. The molecule has 0 aromatic heterocycles. The maximum atomic E-state index is 13.3. The highest BCUT2D eigenvalue weighted by molar-refractivity contribution is 6.30. The molecular formula is C13H20ClFN2. The third-order valence-electron chi connectivity index (χ3n) is 2.53. The Morgan fingerprint density at radius 3 is 2.76 bits per heavy atom. The summed E-state index contributed by atoms with van der Waals surface area (Å²) in [5.74, 6) is -0.199. The van der Waals surface area contributed by atoms with E-state index in [2.05, 4.69) is 24.3 Å². The first-order valence-corrected chi connectivity index (χ1v) is 6.27. The van der Waals surface area contributed by atoms with Crippen LogP contribution in [-0.2, 0) is 6.54 Å². The van der Waals surface area contributed by atoms with E-state index in [1.165, 1.54) is 6.07 Å². The van der Waals surface area contributed by atoms with Gasteiger partial charge < -0.3 is 10.2 Å². The minimum atomic E-state index is -0.199. The van der Waals surface area contributed by atoms with Crippen LogP contribution in [0.15, 0.2) is 18.2 Å². The normalized spacial score (nSPS) is 11.1. The largest absolute Gasteiger partial charge is 0.313 e. The summed E-state index contributed by atoms with van der Waals surface area (Å²) in [7, 11) is 4.13. The molecule has 0 atom stereocenters. The summed E-state index contributed by atoms with van der Waals surface area (Å²) < 4.78 is 13.3. The van der Waals surface area contributed by atoms with E-state index in [-0.39, 0.29) is 5.82 Å². The van der Waals surface area contributed by atoms with Crippen LogP contribution in [0.5, 0.6) is 0 Å². The molecule has 1 N–H and O–H groups in total. The SMILES string of the molecule is CN(C)CCCCNCc1cc(Cl)ccc1F. The molecule has 0 unspecified atom stereocenters. The van der Waals surface area contributed by atoms with E-state index in [1.54, 1.807) is 12.1 Å². The van der Waals surface area contributed by atoms with Crippen molar-refractivity contribution < 1.29 is 4.39 Å². The summed E-state index contributed by atoms with van der Waals surface area (Å²) in [4.78, 5) is 2.16. The molecule has 1 rings (SSSR count). The van der Waals surface area contributed by atoms with Gasteiger partial charge in [0.2, 0.25) is 0 Å². The van der Waals surface area contributed by atoms with Crippen molar-refractivity contribution in [1.29, 1.82) is 0 Å². The van der Waals surface area contributed by atoms with Crippen LogP contribution < -0.4 is 5.32 Å². The molecule has 0 spiro atoms. The summed E-state index contributed by atoms with van der Waals surface area (Å²) in [6.07, 6.45) is 2.25. The molecule has 0 aliphatic heterocycles. The lowest BCUT2D eigenvalue weighted by Crippen LogP contribution is -2.18. The van der Waals surface area contributed by atoms with Crippen LogP contribution in [0.25, 0.3) is 0 Å². The number of nitrogens with zero attached hydrogens (tertiary/aromatic N) is 1. The third kappa shape index (κ3) is 6.01. The molecule has 0 amide bonds. The minimum Gasteiger partial charge on any atom is -0.313 e. The molecule has 0 saturated carbocycles. The van der Waals surface area contributed by atoms with Gasteiger partial charge in [-0.25, -0.2) is 4.39 Å². The number of hydrogen-bond donors (Lipinski definition) is 1. The van der Waals surface area contributed by atoms with Crippen LogP contribution in [0.4, 0.5) is 4.39 Å². The first-order valence-electron chi connectivity index (χ1n) is 5.89. The smallest absolute Gasteiger partial charge is 0.127 e. The quantitative estimate of drug-likeness (QED) is 0.757. The van der Waals surface area contributed by atoms with Gasteiger partial charge in [0, 0.05) is 17.1 Å². The lowest BCUT2D eigenvalue weighted by Gasteiger charge is -2.09. The van der Waals surface area contributed by atoms with Gasteiger partial charge in [-0.3, -0.25) is 0 Å². The third-order valence-corrected chi connectivity index (χ3v) is 2.77. The summed E-state index contributed by atoms with van der Waals surface area (Å²) in [6.45, 7) is 2.53. The van der Waals surface area contributed by atoms with E-state index in [1.807, 2.05) is 0 Å². The zero-order chi connectivity index (χ0) is 12.7. The minimum absolute atomic E-state index is 0.199. The van der Waals surface area contributed by atoms with Gasteiger partial charge >= 0.3 is 0 Å². The van der Waals surface area contributed by atoms with Crippen molar-refractivity contribution in [3.8, 4) is 0 Å². The molecule has 0 bridgehead atoms. The summed E-state index contributed by atoms with van der Waals surface area (Å²) >= 11 is 5.81. The first kappa shape index (κ1) is 14.4. The average molecular weight is 259 g/mol. The van der Waals surface area contributed by atoms with Gasteiger partial charge in [-0.2, -0.15) is 0 Å². The lowest BCUT2D eigenvalue weighted by atomic mass is 10.2. The Labute approximate surface area is 108 Å². The highest BCUT2D eigenvalue weighted by atomic mass is 35.5. The molecule has 0 heterocycles. The number of rotatable bonds is 7. The fourth-order valence-corrected chi connectivity index (χ4v) is 1.77. The molecule has 0 radical (unpaired) electrons. The van der Waals surface area contributed by atoms with Crippen molar-refractivity contribution in [2.75, 3.05) is 27.2 Å². The molecule has 0 aliphatic rings. The van der Waals surface area contributed by atoms with Crippen molar-refractivity contribution in [3.05, 3.63) is 34.6 Å². The van der Waals surface area contributed by atoms with Crippen LogP contribution >= 0.6 is 11.6 Å². The fraction of sp³-hybridized carbons (Fsp3) is 0.538. The predicted octanol–water partition coefficient (Wildman–Crippen LogP) is 2.91. The molecule has 96 valence electrons. The van der Waals surface area contributed by atoms with Gasteiger partial charge in [-0.1, -0.05) is 11.6 Å². The second-order valence-electron chi connectivity index (χ2n) is 4.42. The van der Waals surface area contributed by atoms with E-state index in [4.69, 9.17) is 11.6 Å². The van der Waals surface area contributed by atoms with Crippen molar-refractivity contribution in [3.63, 3.8) is 0 Å². The van der Waals surface area contributed by atoms with Crippen molar-refractivity contribution in [1.82, 2.24) is 10.2 Å². The van der Waals surface area contributed by atoms with Crippen LogP contribution in [0.2, 0.25) is 5.02 Å². The van der Waals surface area contributed by atoms with Crippen LogP contribution in [0.3, 0.4) is 0 Å². The number of unbranched alkanes of at least 4 members (excludes halogenated alkanes) is 1. The molecule has 17 heavy (non-hydrogen) atoms. The van der Waals surface area contributed by atoms with E-state index < -0.39 is 0 Å². The van der Waals surface area contributed by atoms with Gasteiger partial charge in [0.1, 0.15) is 5.82 Å². The second kappa shape index (κ2) is 7.64. The van der Waals surface area contributed by atoms with Crippen molar-refractivity contribution >= 4 is 11.6 Å². The zero-order valence-electron chi connectivity index (χ0n) is 10.5. The summed E-state index contributed by atoms with van der Waals surface area (Å²) in [5.41, 5.74) is 0.630. The maximum absolute atomic E-state index is 13.3. The fourth-order valence-electron chi connectivity index (χ4n) is 1.58. The monoisotopic (exact) mass is 258 g/mol. The van der Waals surface area contributed by atoms with Gasteiger partial charge in [-0.15, -0.1) is 0 Å². The highest BCUT2D eigenvalue weighted by Crippen LogP contribution is 2.14. The highest BCUT2D eigenvalue weighted by Gasteiger charge is 2.02. The van der Waals surface area contributed by atoms with Crippen LogP contribution in [0.1, 0.15) is 18.4 Å². The van der Waals surface area contributed by atoms with E-state index in [9.17, 15) is 4.39 Å². The number of halogens is 2. The topological polar surface area (TPSA) is 15.3 Å². The molecule has 1 aromatic rings. The van der Waals surface area contributed by atoms with Crippen LogP contribution in [-0.4, -0.2) is 32.1 Å².